The maximum Gasteiger partial charge on any atom is 0.318 e. The highest BCUT2D eigenvalue weighted by Gasteiger charge is 2.45. The molecule has 0 aliphatic carbocycles. The second-order valence-corrected chi connectivity index (χ2v) is 20.6. The van der Waals surface area contributed by atoms with Gasteiger partial charge in [0, 0.05) is 88.5 Å². The number of hydrogen-bond acceptors (Lipinski definition) is 13. The normalized spacial score (nSPS) is 24.9. The summed E-state index contributed by atoms with van der Waals surface area (Å²) in [7, 11) is 0. The molecular weight excluding hydrogens is 863 g/mol. The van der Waals surface area contributed by atoms with Gasteiger partial charge < -0.3 is 55.4 Å². The fourth-order valence-corrected chi connectivity index (χ4v) is 11.2. The molecule has 6 aliphatic heterocycles. The number of carbonyl (C=O) groups is 3. The summed E-state index contributed by atoms with van der Waals surface area (Å²) >= 11 is 0. The van der Waals surface area contributed by atoms with Crippen LogP contribution in [0.25, 0.3) is 11.3 Å². The molecule has 5 N–H and O–H groups in total. The number of urea groups is 1. The monoisotopic (exact) mass is 932 g/mol. The zero-order valence-corrected chi connectivity index (χ0v) is 39.9. The Balaban J connectivity index is 0.713. The number of aromatic hydroxyl groups is 1. The maximum absolute atomic E-state index is 14.2. The number of phenolic OH excluding ortho intramolecular Hbond substituents is 1. The average Bonchev–Trinajstić information content (AvgIpc) is 3.76. The van der Waals surface area contributed by atoms with Crippen LogP contribution in [0.15, 0.2) is 54.6 Å². The number of amides is 4. The molecule has 0 bridgehead atoms. The topological polar surface area (TPSA) is 182 Å². The van der Waals surface area contributed by atoms with Crippen LogP contribution in [0.4, 0.5) is 16.3 Å². The Morgan fingerprint density at radius 1 is 0.897 bits per heavy atom. The number of aliphatic hydroxyl groups is 1. The van der Waals surface area contributed by atoms with Gasteiger partial charge in [-0.25, -0.2) is 4.79 Å². The lowest BCUT2D eigenvalue weighted by Crippen LogP contribution is -2.61. The summed E-state index contributed by atoms with van der Waals surface area (Å²) in [4.78, 5) is 55.1. The Kier molecular flexibility index (Phi) is 14.4. The summed E-state index contributed by atoms with van der Waals surface area (Å²) in [5.74, 6) is 2.86. The first kappa shape index (κ1) is 47.6. The number of likely N-dealkylation sites (tertiary alicyclic amines) is 3. The highest BCUT2D eigenvalue weighted by Crippen LogP contribution is 2.37. The average molecular weight is 932 g/mol. The van der Waals surface area contributed by atoms with Crippen molar-refractivity contribution < 1.29 is 29.3 Å². The lowest BCUT2D eigenvalue weighted by Gasteiger charge is -2.50. The molecule has 6 aliphatic rings. The quantitative estimate of drug-likeness (QED) is 0.188. The third kappa shape index (κ3) is 10.7. The number of piperazine rings is 1. The van der Waals surface area contributed by atoms with Crippen LogP contribution in [-0.4, -0.2) is 190 Å². The van der Waals surface area contributed by atoms with Crippen LogP contribution in [-0.2, 0) is 20.9 Å². The molecule has 1 aromatic heterocycles. The van der Waals surface area contributed by atoms with Crippen molar-refractivity contribution in [2.24, 2.45) is 5.41 Å². The molecule has 5 fully saturated rings. The molecule has 17 nitrogen and oxygen atoms in total. The molecule has 17 heteroatoms. The molecule has 4 amide bonds. The van der Waals surface area contributed by atoms with Crippen LogP contribution in [0.1, 0.15) is 64.0 Å². The number of nitrogens with zero attached hydrogens (tertiary/aromatic N) is 8. The minimum Gasteiger partial charge on any atom is -0.507 e. The van der Waals surface area contributed by atoms with E-state index in [1.165, 1.54) is 17.7 Å². The molecule has 364 valence electrons. The molecule has 5 atom stereocenters. The Morgan fingerprint density at radius 2 is 1.63 bits per heavy atom. The lowest BCUT2D eigenvalue weighted by molar-refractivity contribution is -0.142. The van der Waals surface area contributed by atoms with Gasteiger partial charge in [0.1, 0.15) is 17.8 Å². The third-order valence-electron chi connectivity index (χ3n) is 15.1. The number of morpholine rings is 1. The fourth-order valence-electron chi connectivity index (χ4n) is 11.2. The molecule has 0 spiro atoms. The molecule has 68 heavy (non-hydrogen) atoms. The number of piperidine rings is 2. The van der Waals surface area contributed by atoms with E-state index in [4.69, 9.17) is 11.2 Å². The number of rotatable bonds is 10. The number of anilines is 2. The molecule has 7 heterocycles. The predicted octanol–water partition coefficient (Wildman–Crippen LogP) is 2.78. The number of hydrogen-bond donors (Lipinski definition) is 5. The molecule has 3 aromatic rings. The van der Waals surface area contributed by atoms with Gasteiger partial charge in [0.05, 0.1) is 36.2 Å². The summed E-state index contributed by atoms with van der Waals surface area (Å²) in [6.07, 6.45) is 9.17. The maximum atomic E-state index is 14.2. The standard InChI is InChI=1S/C51H69N11O6/c1-5-34-10-12-35(13-11-34)28-53-48(65)44-26-39(63)31-62(44)49(66)46(51(2,3)4)54-50(67)60-24-25-68-40(33-60)32-57-18-14-36(15-19-57)58-20-16-37(17-21-58)59-22-23-61-38(30-59)29-52-47-43(61)27-42(55-56-47)41-8-6-7-9-45(41)64/h1,6-13,27,36-40,44,46,63-64H,14-26,28-33H2,2-4H3,(H,52,56)(H,53,65)(H,54,67)/t38-,39+,40-,44-,46+/m0/s1. The number of phenols is 1. The van der Waals surface area contributed by atoms with Crippen molar-refractivity contribution in [3.8, 4) is 29.4 Å². The van der Waals surface area contributed by atoms with Gasteiger partial charge in [-0.05, 0) is 93.2 Å². The van der Waals surface area contributed by atoms with Gasteiger partial charge in [0.15, 0.2) is 5.82 Å². The molecular formula is C51H69N11O6. The molecule has 2 aromatic carbocycles. The van der Waals surface area contributed by atoms with E-state index in [2.05, 4.69) is 57.7 Å². The van der Waals surface area contributed by atoms with Gasteiger partial charge >= 0.3 is 6.03 Å². The Labute approximate surface area is 400 Å². The third-order valence-corrected chi connectivity index (χ3v) is 15.1. The number of aromatic nitrogens is 2. The number of ether oxygens (including phenoxy) is 1. The summed E-state index contributed by atoms with van der Waals surface area (Å²) in [5, 5.41) is 39.5. The summed E-state index contributed by atoms with van der Waals surface area (Å²) in [6, 6.07) is 16.0. The first-order valence-corrected chi connectivity index (χ1v) is 24.7. The Bertz CT molecular complexity index is 2300. The minimum absolute atomic E-state index is 0.0135. The van der Waals surface area contributed by atoms with Crippen LogP contribution in [0, 0.1) is 17.8 Å². The zero-order chi connectivity index (χ0) is 47.5. The zero-order valence-electron chi connectivity index (χ0n) is 39.9. The van der Waals surface area contributed by atoms with Crippen molar-refractivity contribution >= 4 is 29.4 Å². The first-order chi connectivity index (χ1) is 32.8. The number of para-hydroxylation sites is 1. The Hall–Kier alpha value is -5.51. The SMILES string of the molecule is C#Cc1ccc(CNC(=O)[C@@H]2C[C@@H](O)CN2C(=O)[C@@H](NC(=O)N2CCO[C@@H](CN3CCC(N4CCC(N5CCN6c7cc(-c8ccccc8O)nnc7NC[C@H]6C5)CC4)CC3)C2)C(C)(C)C)cc1. The van der Waals surface area contributed by atoms with Gasteiger partial charge in [0.2, 0.25) is 11.8 Å². The fraction of sp³-hybridized carbons (Fsp3) is 0.588. The highest BCUT2D eigenvalue weighted by atomic mass is 16.5. The lowest BCUT2D eigenvalue weighted by atomic mass is 9.85. The first-order valence-electron chi connectivity index (χ1n) is 24.7. The van der Waals surface area contributed by atoms with E-state index in [0.29, 0.717) is 49.1 Å². The van der Waals surface area contributed by atoms with E-state index in [9.17, 15) is 24.6 Å². The molecule has 5 saturated heterocycles. The summed E-state index contributed by atoms with van der Waals surface area (Å²) in [6.45, 7) is 16.0. The van der Waals surface area contributed by atoms with Crippen LogP contribution >= 0.6 is 0 Å². The highest BCUT2D eigenvalue weighted by molar-refractivity contribution is 5.93. The smallest absolute Gasteiger partial charge is 0.318 e. The van der Waals surface area contributed by atoms with Gasteiger partial charge in [-0.1, -0.05) is 51.0 Å². The van der Waals surface area contributed by atoms with Crippen LogP contribution in [0.2, 0.25) is 0 Å². The van der Waals surface area contributed by atoms with Gasteiger partial charge in [-0.2, -0.15) is 0 Å². The van der Waals surface area contributed by atoms with Crippen LogP contribution in [0.5, 0.6) is 5.75 Å². The molecule has 0 unspecified atom stereocenters. The number of carbonyl (C=O) groups excluding carboxylic acids is 3. The van der Waals surface area contributed by atoms with E-state index in [1.807, 2.05) is 63.2 Å². The number of benzene rings is 2. The van der Waals surface area contributed by atoms with Gasteiger partial charge in [-0.3, -0.25) is 14.5 Å². The predicted molar refractivity (Wildman–Crippen MR) is 260 cm³/mol. The van der Waals surface area contributed by atoms with E-state index in [0.717, 1.165) is 94.4 Å². The van der Waals surface area contributed by atoms with Crippen LogP contribution < -0.4 is 20.9 Å². The molecule has 0 radical (unpaired) electrons. The molecule has 9 rings (SSSR count). The van der Waals surface area contributed by atoms with Crippen molar-refractivity contribution in [3.05, 3.63) is 65.7 Å². The number of aliphatic hydroxyl groups excluding tert-OH is 1. The number of β-amino-alcohol motifs (C(OH)–C–C–N with tert-alkyl or cyclic N) is 1. The Morgan fingerprint density at radius 3 is 2.37 bits per heavy atom. The van der Waals surface area contributed by atoms with Gasteiger partial charge in [-0.15, -0.1) is 16.6 Å². The number of nitrogens with one attached hydrogen (secondary N) is 3. The molecule has 0 saturated carbocycles. The van der Waals surface area contributed by atoms with E-state index >= 15 is 0 Å². The second-order valence-electron chi connectivity index (χ2n) is 20.6. The van der Waals surface area contributed by atoms with Crippen LogP contribution in [0.3, 0.4) is 0 Å². The van der Waals surface area contributed by atoms with Crippen molar-refractivity contribution in [1.29, 1.82) is 0 Å². The van der Waals surface area contributed by atoms with Gasteiger partial charge in [0.25, 0.3) is 0 Å². The summed E-state index contributed by atoms with van der Waals surface area (Å²) in [5.41, 5.74) is 3.38. The van der Waals surface area contributed by atoms with E-state index in [1.54, 1.807) is 11.0 Å². The van der Waals surface area contributed by atoms with Crippen molar-refractivity contribution in [2.45, 2.75) is 102 Å². The number of terminal acetylenes is 1. The van der Waals surface area contributed by atoms with E-state index < -0.39 is 23.6 Å². The van der Waals surface area contributed by atoms with Crippen molar-refractivity contribution in [2.75, 3.05) is 95.4 Å². The number of fused-ring (bicyclic) bond motifs is 3. The summed E-state index contributed by atoms with van der Waals surface area (Å²) < 4.78 is 6.22. The minimum atomic E-state index is -0.919. The largest absolute Gasteiger partial charge is 0.507 e. The van der Waals surface area contributed by atoms with Crippen molar-refractivity contribution in [3.63, 3.8) is 0 Å². The van der Waals surface area contributed by atoms with E-state index in [-0.39, 0.29) is 49.2 Å². The second kappa shape index (κ2) is 20.6. The van der Waals surface area contributed by atoms with Crippen molar-refractivity contribution in [1.82, 2.24) is 45.3 Å².